The van der Waals surface area contributed by atoms with E-state index in [0.717, 1.165) is 43.0 Å². The molecule has 1 aliphatic heterocycles. The molecule has 1 aliphatic rings. The summed E-state index contributed by atoms with van der Waals surface area (Å²) in [7, 11) is 1.87. The molecule has 0 bridgehead atoms. The van der Waals surface area contributed by atoms with Gasteiger partial charge in [-0.3, -0.25) is 14.6 Å². The molecular weight excluding hydrogens is 378 g/mol. The van der Waals surface area contributed by atoms with Crippen LogP contribution in [0.3, 0.4) is 0 Å². The Morgan fingerprint density at radius 3 is 2.76 bits per heavy atom. The van der Waals surface area contributed by atoms with Gasteiger partial charge in [-0.15, -0.1) is 0 Å². The van der Waals surface area contributed by atoms with Crippen LogP contribution in [0.2, 0.25) is 0 Å². The lowest BCUT2D eigenvalue weighted by molar-refractivity contribution is -0.0499. The van der Waals surface area contributed by atoms with E-state index in [9.17, 15) is 8.78 Å². The smallest absolute Gasteiger partial charge is 0.387 e. The Hall–Kier alpha value is -2.87. The first-order valence-electron chi connectivity index (χ1n) is 9.54. The predicted octanol–water partition coefficient (Wildman–Crippen LogP) is 3.96. The predicted molar refractivity (Wildman–Crippen MR) is 103 cm³/mol. The van der Waals surface area contributed by atoms with E-state index in [0.29, 0.717) is 18.0 Å². The fraction of sp³-hybridized carbons (Fsp3) is 0.381. The van der Waals surface area contributed by atoms with Gasteiger partial charge in [0.25, 0.3) is 0 Å². The summed E-state index contributed by atoms with van der Waals surface area (Å²) in [4.78, 5) is 9.07. The number of ether oxygens (including phenoxy) is 2. The zero-order chi connectivity index (χ0) is 20.2. The largest absolute Gasteiger partial charge is 0.435 e. The van der Waals surface area contributed by atoms with Crippen molar-refractivity contribution in [1.82, 2.24) is 19.7 Å². The van der Waals surface area contributed by atoms with Crippen LogP contribution in [0.5, 0.6) is 5.75 Å². The summed E-state index contributed by atoms with van der Waals surface area (Å²) < 4.78 is 36.7. The summed E-state index contributed by atoms with van der Waals surface area (Å²) in [6.45, 7) is -1.37. The van der Waals surface area contributed by atoms with Crippen LogP contribution >= 0.6 is 0 Å². The highest BCUT2D eigenvalue weighted by Gasteiger charge is 2.19. The zero-order valence-electron chi connectivity index (χ0n) is 16.1. The van der Waals surface area contributed by atoms with Crippen molar-refractivity contribution in [3.63, 3.8) is 0 Å². The number of halogens is 2. The summed E-state index contributed by atoms with van der Waals surface area (Å²) in [5, 5.41) is 4.24. The molecular formula is C21H22F2N4O2. The molecule has 4 rings (SSSR count). The van der Waals surface area contributed by atoms with E-state index < -0.39 is 6.61 Å². The highest BCUT2D eigenvalue weighted by atomic mass is 19.3. The van der Waals surface area contributed by atoms with Crippen LogP contribution in [0.15, 0.2) is 42.9 Å². The van der Waals surface area contributed by atoms with Crippen LogP contribution in [0.1, 0.15) is 35.7 Å². The van der Waals surface area contributed by atoms with Crippen molar-refractivity contribution >= 4 is 0 Å². The number of pyridine rings is 2. The number of nitrogens with zero attached hydrogens (tertiary/aromatic N) is 4. The second-order valence-corrected chi connectivity index (χ2v) is 7.10. The second kappa shape index (κ2) is 8.65. The SMILES string of the molecule is Cn1cc(-c2cc(C3CCOCC3)cc(Cc3cc(OC(F)F)ccn3)n2)cn1. The van der Waals surface area contributed by atoms with Gasteiger partial charge in [0.1, 0.15) is 5.75 Å². The summed E-state index contributed by atoms with van der Waals surface area (Å²) in [5.74, 6) is 0.500. The Morgan fingerprint density at radius 2 is 2.03 bits per heavy atom. The van der Waals surface area contributed by atoms with Crippen molar-refractivity contribution in [2.75, 3.05) is 13.2 Å². The van der Waals surface area contributed by atoms with Crippen molar-refractivity contribution in [2.45, 2.75) is 31.8 Å². The van der Waals surface area contributed by atoms with E-state index >= 15 is 0 Å². The maximum absolute atomic E-state index is 12.5. The number of hydrogen-bond donors (Lipinski definition) is 0. The standard InChI is InChI=1S/C21H22F2N4O2/c1-27-13-16(12-25-27)20-9-15(14-3-6-28-7-4-14)8-18(26-20)10-17-11-19(2-5-24-17)29-21(22)23/h2,5,8-9,11-14,21H,3-4,6-7,10H2,1H3. The molecule has 1 saturated heterocycles. The second-order valence-electron chi connectivity index (χ2n) is 7.10. The van der Waals surface area contributed by atoms with Gasteiger partial charge >= 0.3 is 6.61 Å². The van der Waals surface area contributed by atoms with Gasteiger partial charge < -0.3 is 9.47 Å². The molecule has 3 aromatic heterocycles. The van der Waals surface area contributed by atoms with Crippen LogP contribution < -0.4 is 4.74 Å². The summed E-state index contributed by atoms with van der Waals surface area (Å²) in [6, 6.07) is 7.14. The first-order valence-corrected chi connectivity index (χ1v) is 9.54. The minimum Gasteiger partial charge on any atom is -0.435 e. The van der Waals surface area contributed by atoms with Crippen LogP contribution in [0.25, 0.3) is 11.3 Å². The van der Waals surface area contributed by atoms with E-state index in [4.69, 9.17) is 9.72 Å². The summed E-state index contributed by atoms with van der Waals surface area (Å²) >= 11 is 0. The maximum atomic E-state index is 12.5. The third-order valence-corrected chi connectivity index (χ3v) is 4.97. The number of hydrogen-bond acceptors (Lipinski definition) is 5. The molecule has 3 aromatic rings. The van der Waals surface area contributed by atoms with Gasteiger partial charge in [0, 0.05) is 62.1 Å². The highest BCUT2D eigenvalue weighted by molar-refractivity contribution is 5.58. The zero-order valence-corrected chi connectivity index (χ0v) is 16.1. The molecule has 8 heteroatoms. The van der Waals surface area contributed by atoms with Crippen molar-refractivity contribution in [2.24, 2.45) is 7.05 Å². The Bertz CT molecular complexity index is 971. The number of alkyl halides is 2. The van der Waals surface area contributed by atoms with Gasteiger partial charge in [-0.25, -0.2) is 0 Å². The van der Waals surface area contributed by atoms with Crippen molar-refractivity contribution < 1.29 is 18.3 Å². The topological polar surface area (TPSA) is 62.1 Å². The Balaban J connectivity index is 1.66. The van der Waals surface area contributed by atoms with Crippen molar-refractivity contribution in [3.05, 3.63) is 59.8 Å². The Morgan fingerprint density at radius 1 is 1.21 bits per heavy atom. The Labute approximate surface area is 167 Å². The molecule has 152 valence electrons. The van der Waals surface area contributed by atoms with Gasteiger partial charge in [0.2, 0.25) is 0 Å². The lowest BCUT2D eigenvalue weighted by atomic mass is 9.90. The van der Waals surface area contributed by atoms with E-state index in [1.165, 1.54) is 23.9 Å². The lowest BCUT2D eigenvalue weighted by Gasteiger charge is -2.23. The molecule has 0 aliphatic carbocycles. The average molecular weight is 400 g/mol. The molecule has 6 nitrogen and oxygen atoms in total. The van der Waals surface area contributed by atoms with E-state index in [1.54, 1.807) is 10.9 Å². The molecule has 0 spiro atoms. The first kappa shape index (κ1) is 19.4. The van der Waals surface area contributed by atoms with E-state index in [1.807, 2.05) is 13.2 Å². The average Bonchev–Trinajstić information content (AvgIpc) is 3.15. The molecule has 4 heterocycles. The molecule has 0 aromatic carbocycles. The number of aromatic nitrogens is 4. The van der Waals surface area contributed by atoms with Crippen molar-refractivity contribution in [1.29, 1.82) is 0 Å². The number of rotatable bonds is 6. The third-order valence-electron chi connectivity index (χ3n) is 4.97. The fourth-order valence-electron chi connectivity index (χ4n) is 3.58. The minimum absolute atomic E-state index is 0.0954. The Kier molecular flexibility index (Phi) is 5.80. The van der Waals surface area contributed by atoms with Crippen LogP contribution in [-0.4, -0.2) is 39.6 Å². The van der Waals surface area contributed by atoms with E-state index in [-0.39, 0.29) is 5.75 Å². The van der Waals surface area contributed by atoms with Gasteiger partial charge in [0.15, 0.2) is 0 Å². The lowest BCUT2D eigenvalue weighted by Crippen LogP contribution is -2.14. The first-order chi connectivity index (χ1) is 14.1. The summed E-state index contributed by atoms with van der Waals surface area (Å²) in [6.07, 6.45) is 7.53. The molecule has 0 amide bonds. The number of aryl methyl sites for hydroxylation is 1. The normalized spacial score (nSPS) is 15.0. The molecule has 1 fully saturated rings. The van der Waals surface area contributed by atoms with Gasteiger partial charge in [-0.05, 0) is 42.5 Å². The fourth-order valence-corrected chi connectivity index (χ4v) is 3.58. The quantitative estimate of drug-likeness (QED) is 0.627. The summed E-state index contributed by atoms with van der Waals surface area (Å²) in [5.41, 5.74) is 4.44. The third kappa shape index (κ3) is 4.95. The minimum atomic E-state index is -2.86. The molecule has 0 unspecified atom stereocenters. The van der Waals surface area contributed by atoms with Crippen LogP contribution in [-0.2, 0) is 18.2 Å². The maximum Gasteiger partial charge on any atom is 0.387 e. The van der Waals surface area contributed by atoms with Gasteiger partial charge in [-0.1, -0.05) is 0 Å². The molecule has 0 atom stereocenters. The van der Waals surface area contributed by atoms with E-state index in [2.05, 4.69) is 27.0 Å². The highest BCUT2D eigenvalue weighted by Crippen LogP contribution is 2.30. The van der Waals surface area contributed by atoms with Crippen molar-refractivity contribution in [3.8, 4) is 17.0 Å². The monoisotopic (exact) mass is 400 g/mol. The molecule has 0 radical (unpaired) electrons. The van der Waals surface area contributed by atoms with Gasteiger partial charge in [0.05, 0.1) is 11.9 Å². The molecule has 0 N–H and O–H groups in total. The molecule has 0 saturated carbocycles. The molecule has 29 heavy (non-hydrogen) atoms. The van der Waals surface area contributed by atoms with Crippen LogP contribution in [0.4, 0.5) is 8.78 Å². The van der Waals surface area contributed by atoms with Crippen LogP contribution in [0, 0.1) is 0 Å². The van der Waals surface area contributed by atoms with Gasteiger partial charge in [-0.2, -0.15) is 13.9 Å².